The van der Waals surface area contributed by atoms with E-state index in [4.69, 9.17) is 16.3 Å². The molecule has 0 radical (unpaired) electrons. The summed E-state index contributed by atoms with van der Waals surface area (Å²) in [5, 5.41) is 10.5. The van der Waals surface area contributed by atoms with Crippen molar-refractivity contribution < 1.29 is 14.6 Å². The summed E-state index contributed by atoms with van der Waals surface area (Å²) in [6.45, 7) is 6.27. The molecule has 5 nitrogen and oxygen atoms in total. The van der Waals surface area contributed by atoms with Crippen molar-refractivity contribution >= 4 is 23.1 Å². The Balaban J connectivity index is 1.55. The van der Waals surface area contributed by atoms with E-state index in [9.17, 15) is 9.90 Å². The van der Waals surface area contributed by atoms with Crippen LogP contribution in [0.2, 0.25) is 5.02 Å². The van der Waals surface area contributed by atoms with Crippen molar-refractivity contribution in [1.29, 1.82) is 0 Å². The molecule has 1 fully saturated rings. The molecular formula is C24H27ClN2O3. The van der Waals surface area contributed by atoms with Gasteiger partial charge in [-0.3, -0.25) is 9.69 Å². The minimum Gasteiger partial charge on any atom is -0.480 e. The van der Waals surface area contributed by atoms with E-state index < -0.39 is 6.10 Å². The number of hydrogen-bond donors (Lipinski definition) is 1. The first-order valence-electron chi connectivity index (χ1n) is 10.3. The second kappa shape index (κ2) is 8.80. The van der Waals surface area contributed by atoms with Gasteiger partial charge in [-0.1, -0.05) is 48.5 Å². The minimum atomic E-state index is -0.619. The fourth-order valence-electron chi connectivity index (χ4n) is 4.28. The number of aliphatic hydroxyl groups excluding tert-OH is 1. The minimum absolute atomic E-state index is 0.0784. The highest BCUT2D eigenvalue weighted by Gasteiger charge is 2.35. The molecule has 0 spiro atoms. The molecule has 1 unspecified atom stereocenters. The quantitative estimate of drug-likeness (QED) is 0.790. The number of nitrogens with zero attached hydrogens (tertiary/aromatic N) is 2. The molecule has 30 heavy (non-hydrogen) atoms. The number of benzene rings is 2. The Morgan fingerprint density at radius 3 is 2.80 bits per heavy atom. The topological polar surface area (TPSA) is 53.0 Å². The molecule has 2 heterocycles. The molecular weight excluding hydrogens is 400 g/mol. The summed E-state index contributed by atoms with van der Waals surface area (Å²) >= 11 is 6.10. The second-order valence-corrected chi connectivity index (χ2v) is 8.57. The van der Waals surface area contributed by atoms with Crippen LogP contribution in [0.4, 0.5) is 0 Å². The first-order chi connectivity index (χ1) is 14.4. The number of carbonyl (C=O) groups is 1. The lowest BCUT2D eigenvalue weighted by Gasteiger charge is -2.36. The van der Waals surface area contributed by atoms with Crippen LogP contribution in [0.25, 0.3) is 5.57 Å². The molecule has 2 aliphatic heterocycles. The molecule has 0 bridgehead atoms. The molecule has 1 N–H and O–H groups in total. The largest absolute Gasteiger partial charge is 0.480 e. The van der Waals surface area contributed by atoms with Crippen LogP contribution in [0.15, 0.2) is 55.1 Å². The number of ether oxygens (including phenoxy) is 1. The number of β-amino-alcohol motifs (C(OH)–C–C–N with tert-alkyl or cyclic N) is 1. The third-order valence-electron chi connectivity index (χ3n) is 5.98. The van der Waals surface area contributed by atoms with Crippen LogP contribution in [0, 0.1) is 0 Å². The summed E-state index contributed by atoms with van der Waals surface area (Å²) in [5.41, 5.74) is 2.78. The molecule has 0 aromatic heterocycles. The van der Waals surface area contributed by atoms with Gasteiger partial charge >= 0.3 is 0 Å². The number of likely N-dealkylation sites (N-methyl/N-ethyl adjacent to an activating group) is 1. The van der Waals surface area contributed by atoms with E-state index in [1.807, 2.05) is 43.4 Å². The van der Waals surface area contributed by atoms with Gasteiger partial charge in [-0.05, 0) is 35.8 Å². The summed E-state index contributed by atoms with van der Waals surface area (Å²) in [6, 6.07) is 15.3. The van der Waals surface area contributed by atoms with Crippen LogP contribution in [0.3, 0.4) is 0 Å². The van der Waals surface area contributed by atoms with Gasteiger partial charge in [-0.25, -0.2) is 0 Å². The predicted molar refractivity (Wildman–Crippen MR) is 119 cm³/mol. The van der Waals surface area contributed by atoms with Crippen LogP contribution in [0.5, 0.6) is 5.75 Å². The Morgan fingerprint density at radius 2 is 2.10 bits per heavy atom. The number of halogens is 1. The lowest BCUT2D eigenvalue weighted by molar-refractivity contribution is -0.140. The second-order valence-electron chi connectivity index (χ2n) is 8.13. The van der Waals surface area contributed by atoms with Gasteiger partial charge in [0, 0.05) is 43.7 Å². The molecule has 4 rings (SSSR count). The fourth-order valence-corrected chi connectivity index (χ4v) is 4.45. The number of rotatable bonds is 5. The van der Waals surface area contributed by atoms with E-state index >= 15 is 0 Å². The molecule has 0 saturated carbocycles. The molecule has 6 heteroatoms. The van der Waals surface area contributed by atoms with Crippen LogP contribution in [-0.4, -0.2) is 59.7 Å². The Bertz CT molecular complexity index is 933. The van der Waals surface area contributed by atoms with Crippen LogP contribution >= 0.6 is 11.6 Å². The Hall–Kier alpha value is -2.34. The molecule has 1 saturated heterocycles. The summed E-state index contributed by atoms with van der Waals surface area (Å²) in [4.78, 5) is 17.4. The number of likely N-dealkylation sites (tertiary alicyclic amines) is 1. The zero-order valence-corrected chi connectivity index (χ0v) is 17.9. The van der Waals surface area contributed by atoms with Gasteiger partial charge in [0.1, 0.15) is 5.75 Å². The van der Waals surface area contributed by atoms with Gasteiger partial charge in [-0.2, -0.15) is 0 Å². The Labute approximate surface area is 182 Å². The van der Waals surface area contributed by atoms with E-state index in [0.29, 0.717) is 30.3 Å². The highest BCUT2D eigenvalue weighted by Crippen LogP contribution is 2.37. The summed E-state index contributed by atoms with van der Waals surface area (Å²) in [7, 11) is 1.83. The van der Waals surface area contributed by atoms with E-state index in [1.165, 1.54) is 0 Å². The monoisotopic (exact) mass is 426 g/mol. The molecule has 158 valence electrons. The number of amides is 1. The van der Waals surface area contributed by atoms with Gasteiger partial charge in [0.25, 0.3) is 5.91 Å². The summed E-state index contributed by atoms with van der Waals surface area (Å²) in [6.07, 6.45) is 0.284. The predicted octanol–water partition coefficient (Wildman–Crippen LogP) is 3.77. The number of fused-ring (bicyclic) bond motifs is 1. The molecule has 2 aliphatic rings. The zero-order valence-electron chi connectivity index (χ0n) is 17.1. The Kier molecular flexibility index (Phi) is 6.14. The summed E-state index contributed by atoms with van der Waals surface area (Å²) < 4.78 is 6.05. The molecule has 0 aliphatic carbocycles. The van der Waals surface area contributed by atoms with E-state index in [-0.39, 0.29) is 18.1 Å². The van der Waals surface area contributed by atoms with Gasteiger partial charge in [0.05, 0.1) is 12.1 Å². The normalized spacial score (nSPS) is 22.3. The lowest BCUT2D eigenvalue weighted by atomic mass is 9.96. The van der Waals surface area contributed by atoms with Gasteiger partial charge in [0.15, 0.2) is 6.10 Å². The smallest absolute Gasteiger partial charge is 0.264 e. The average Bonchev–Trinajstić information content (AvgIpc) is 3.16. The lowest BCUT2D eigenvalue weighted by Crippen LogP contribution is -2.45. The van der Waals surface area contributed by atoms with Gasteiger partial charge in [-0.15, -0.1) is 0 Å². The number of carbonyl (C=O) groups excluding carboxylic acids is 1. The van der Waals surface area contributed by atoms with Crippen molar-refractivity contribution in [3.63, 3.8) is 0 Å². The van der Waals surface area contributed by atoms with Gasteiger partial charge < -0.3 is 14.7 Å². The molecule has 2 aromatic rings. The van der Waals surface area contributed by atoms with E-state index in [1.54, 1.807) is 17.0 Å². The first kappa shape index (κ1) is 20.9. The third-order valence-corrected chi connectivity index (χ3v) is 6.21. The highest BCUT2D eigenvalue weighted by molar-refractivity contribution is 6.30. The maximum atomic E-state index is 13.4. The number of hydrogen-bond acceptors (Lipinski definition) is 4. The van der Waals surface area contributed by atoms with Crippen LogP contribution in [0.1, 0.15) is 30.0 Å². The maximum absolute atomic E-state index is 13.4. The standard InChI is InChI=1S/C24H27ClN2O3/c1-16-12-23(30-22-9-8-18(25)13-20(16)22)24(29)26(2)21(17-6-4-3-5-7-17)15-27-11-10-19(28)14-27/h3-9,13,19,21,23,28H,1,10-12,14-15H2,2H3/t19-,21+,23?/m0/s1. The van der Waals surface area contributed by atoms with E-state index in [0.717, 1.165) is 29.7 Å². The van der Waals surface area contributed by atoms with E-state index in [2.05, 4.69) is 11.5 Å². The van der Waals surface area contributed by atoms with Crippen molar-refractivity contribution in [2.24, 2.45) is 0 Å². The van der Waals surface area contributed by atoms with Gasteiger partial charge in [0.2, 0.25) is 0 Å². The fraction of sp³-hybridized carbons (Fsp3) is 0.375. The highest BCUT2D eigenvalue weighted by atomic mass is 35.5. The molecule has 2 aromatic carbocycles. The number of aliphatic hydroxyl groups is 1. The van der Waals surface area contributed by atoms with Crippen molar-refractivity contribution in [2.45, 2.75) is 31.1 Å². The maximum Gasteiger partial charge on any atom is 0.264 e. The van der Waals surface area contributed by atoms with Crippen LogP contribution in [-0.2, 0) is 4.79 Å². The van der Waals surface area contributed by atoms with Crippen molar-refractivity contribution in [1.82, 2.24) is 9.80 Å². The first-order valence-corrected chi connectivity index (χ1v) is 10.7. The average molecular weight is 427 g/mol. The van der Waals surface area contributed by atoms with Crippen molar-refractivity contribution in [3.8, 4) is 5.75 Å². The zero-order chi connectivity index (χ0) is 21.3. The Morgan fingerprint density at radius 1 is 1.33 bits per heavy atom. The van der Waals surface area contributed by atoms with Crippen LogP contribution < -0.4 is 4.74 Å². The molecule has 3 atom stereocenters. The molecule has 1 amide bonds. The van der Waals surface area contributed by atoms with Crippen molar-refractivity contribution in [2.75, 3.05) is 26.7 Å². The third kappa shape index (κ3) is 4.38. The SMILES string of the molecule is C=C1CC(C(=O)N(C)[C@H](CN2CC[C@H](O)C2)c2ccccc2)Oc2ccc(Cl)cc21. The van der Waals surface area contributed by atoms with Crippen molar-refractivity contribution in [3.05, 3.63) is 71.3 Å². The summed E-state index contributed by atoms with van der Waals surface area (Å²) in [5.74, 6) is 0.562.